The molecular weight excluding hydrogens is 646 g/mol. The lowest BCUT2D eigenvalue weighted by Crippen LogP contribution is -2.60. The largest absolute Gasteiger partial charge is 0.444 e. The SMILES string of the molecule is Cn1cc2c(Cl)c(-c3cn(COCC[Si](C)(C)C)c4nc(N5CCC6(CCCCN6C(=O)OC(C)(C)C)CC5)n(C)c(=O)c34)ccc2n1. The maximum Gasteiger partial charge on any atom is 0.410 e. The quantitative estimate of drug-likeness (QED) is 0.151. The van der Waals surface area contributed by atoms with Crippen molar-refractivity contribution in [3.05, 3.63) is 39.9 Å². The van der Waals surface area contributed by atoms with Crippen LogP contribution < -0.4 is 10.5 Å². The first kappa shape index (κ1) is 34.5. The molecule has 0 atom stereocenters. The van der Waals surface area contributed by atoms with Crippen LogP contribution >= 0.6 is 11.6 Å². The van der Waals surface area contributed by atoms with Crippen LogP contribution in [0, 0.1) is 0 Å². The summed E-state index contributed by atoms with van der Waals surface area (Å²) in [7, 11) is 2.37. The van der Waals surface area contributed by atoms with Gasteiger partial charge >= 0.3 is 6.09 Å². The third kappa shape index (κ3) is 6.75. The Balaban J connectivity index is 1.36. The summed E-state index contributed by atoms with van der Waals surface area (Å²) in [4.78, 5) is 37.0. The minimum atomic E-state index is -1.28. The van der Waals surface area contributed by atoms with E-state index in [1.54, 1.807) is 16.3 Å². The van der Waals surface area contributed by atoms with Gasteiger partial charge in [-0.2, -0.15) is 10.1 Å². The number of hydrogen-bond donors (Lipinski definition) is 0. The number of ether oxygens (including phenoxy) is 2. The monoisotopic (exact) mass is 695 g/mol. The zero-order chi connectivity index (χ0) is 34.6. The number of likely N-dealkylation sites (tertiary alicyclic amines) is 1. The third-order valence-electron chi connectivity index (χ3n) is 9.77. The highest BCUT2D eigenvalue weighted by atomic mass is 35.5. The Morgan fingerprint density at radius 3 is 2.44 bits per heavy atom. The summed E-state index contributed by atoms with van der Waals surface area (Å²) in [6.45, 7) is 15.7. The average molecular weight is 696 g/mol. The molecule has 260 valence electrons. The van der Waals surface area contributed by atoms with Gasteiger partial charge in [0, 0.05) is 82.9 Å². The number of carbonyl (C=O) groups is 1. The molecule has 2 aliphatic heterocycles. The lowest BCUT2D eigenvalue weighted by Gasteiger charge is -2.51. The number of aryl methyl sites for hydroxylation is 1. The summed E-state index contributed by atoms with van der Waals surface area (Å²) < 4.78 is 17.4. The number of halogens is 1. The van der Waals surface area contributed by atoms with Crippen molar-refractivity contribution >= 4 is 53.7 Å². The molecule has 3 aromatic heterocycles. The van der Waals surface area contributed by atoms with E-state index in [1.807, 2.05) is 61.8 Å². The lowest BCUT2D eigenvalue weighted by atomic mass is 9.79. The molecule has 1 amide bonds. The van der Waals surface area contributed by atoms with Crippen LogP contribution in [0.1, 0.15) is 52.9 Å². The zero-order valence-corrected chi connectivity index (χ0v) is 31.5. The number of rotatable bonds is 7. The number of carbonyl (C=O) groups excluding carboxylic acids is 1. The summed E-state index contributed by atoms with van der Waals surface area (Å²) in [6.07, 6.45) is 8.21. The van der Waals surface area contributed by atoms with Gasteiger partial charge in [-0.25, -0.2) is 4.79 Å². The second kappa shape index (κ2) is 12.8. The predicted molar refractivity (Wildman–Crippen MR) is 195 cm³/mol. The molecule has 11 nitrogen and oxygen atoms in total. The third-order valence-corrected chi connectivity index (χ3v) is 11.9. The summed E-state index contributed by atoms with van der Waals surface area (Å²) in [5.74, 6) is 0.615. The molecule has 0 bridgehead atoms. The van der Waals surface area contributed by atoms with E-state index in [0.29, 0.717) is 48.2 Å². The Labute approximate surface area is 288 Å². The predicted octanol–water partition coefficient (Wildman–Crippen LogP) is 7.01. The Hall–Kier alpha value is -3.35. The molecule has 0 radical (unpaired) electrons. The van der Waals surface area contributed by atoms with Gasteiger partial charge < -0.3 is 23.8 Å². The molecule has 0 aliphatic carbocycles. The van der Waals surface area contributed by atoms with Crippen LogP contribution in [0.25, 0.3) is 33.1 Å². The van der Waals surface area contributed by atoms with Crippen LogP contribution in [0.15, 0.2) is 29.3 Å². The maximum atomic E-state index is 14.3. The Morgan fingerprint density at radius 1 is 1.02 bits per heavy atom. The molecule has 2 saturated heterocycles. The molecule has 1 aromatic carbocycles. The number of aromatic nitrogens is 5. The van der Waals surface area contributed by atoms with E-state index in [9.17, 15) is 9.59 Å². The van der Waals surface area contributed by atoms with Crippen molar-refractivity contribution < 1.29 is 14.3 Å². The molecule has 0 unspecified atom stereocenters. The molecule has 4 aromatic rings. The number of hydrogen-bond acceptors (Lipinski definition) is 7. The normalized spacial score (nSPS) is 17.2. The van der Waals surface area contributed by atoms with E-state index < -0.39 is 13.7 Å². The number of nitrogens with zero attached hydrogens (tertiary/aromatic N) is 7. The van der Waals surface area contributed by atoms with E-state index in [-0.39, 0.29) is 23.9 Å². The van der Waals surface area contributed by atoms with Crippen molar-refractivity contribution in [2.75, 3.05) is 31.1 Å². The van der Waals surface area contributed by atoms with Crippen LogP contribution in [0.3, 0.4) is 0 Å². The molecular formula is C35H50ClN7O4Si. The highest BCUT2D eigenvalue weighted by molar-refractivity contribution is 6.76. The van der Waals surface area contributed by atoms with E-state index in [0.717, 1.165) is 60.2 Å². The van der Waals surface area contributed by atoms with Gasteiger partial charge in [0.15, 0.2) is 5.65 Å². The molecule has 1 spiro atoms. The fraction of sp³-hybridized carbons (Fsp3) is 0.600. The Bertz CT molecular complexity index is 1890. The number of anilines is 1. The van der Waals surface area contributed by atoms with Crippen molar-refractivity contribution in [2.24, 2.45) is 14.1 Å². The smallest absolute Gasteiger partial charge is 0.410 e. The van der Waals surface area contributed by atoms with Crippen molar-refractivity contribution in [1.29, 1.82) is 0 Å². The van der Waals surface area contributed by atoms with Gasteiger partial charge in [0.1, 0.15) is 12.3 Å². The molecule has 48 heavy (non-hydrogen) atoms. The first-order chi connectivity index (χ1) is 22.6. The summed E-state index contributed by atoms with van der Waals surface area (Å²) in [5.41, 5.74) is 1.92. The standard InChI is InChI=1S/C35H50ClN7O4Si/c1-34(2,3)47-33(45)43-16-10-9-13-35(43)14-17-41(18-15-35)32-37-30-28(31(44)40(32)5)25(22-42(30)23-46-19-20-48(6,7)8)24-11-12-27-26(29(24)36)21-39(4)38-27/h11-12,21-22H,9-10,13-20,23H2,1-8H3. The van der Waals surface area contributed by atoms with Gasteiger partial charge in [-0.3, -0.25) is 14.0 Å². The molecule has 2 aliphatic rings. The zero-order valence-electron chi connectivity index (χ0n) is 29.7. The number of piperidine rings is 2. The fourth-order valence-corrected chi connectivity index (χ4v) is 8.23. The van der Waals surface area contributed by atoms with Crippen molar-refractivity contribution in [2.45, 2.75) is 96.4 Å². The van der Waals surface area contributed by atoms with Crippen molar-refractivity contribution in [3.63, 3.8) is 0 Å². The molecule has 6 rings (SSSR count). The molecule has 5 heterocycles. The fourth-order valence-electron chi connectivity index (χ4n) is 7.16. The first-order valence-corrected chi connectivity index (χ1v) is 21.2. The number of benzene rings is 1. The second-order valence-electron chi connectivity index (χ2n) is 15.8. The highest BCUT2D eigenvalue weighted by Gasteiger charge is 2.45. The van der Waals surface area contributed by atoms with Gasteiger partial charge in [0.25, 0.3) is 5.56 Å². The van der Waals surface area contributed by atoms with E-state index in [1.165, 1.54) is 0 Å². The van der Waals surface area contributed by atoms with Crippen LogP contribution in [-0.2, 0) is 30.3 Å². The van der Waals surface area contributed by atoms with E-state index in [2.05, 4.69) is 29.6 Å². The van der Waals surface area contributed by atoms with E-state index in [4.69, 9.17) is 26.1 Å². The minimum absolute atomic E-state index is 0.137. The van der Waals surface area contributed by atoms with E-state index >= 15 is 0 Å². The lowest BCUT2D eigenvalue weighted by molar-refractivity contribution is -0.0233. The van der Waals surface area contributed by atoms with Gasteiger partial charge in [0.2, 0.25) is 5.95 Å². The minimum Gasteiger partial charge on any atom is -0.444 e. The molecule has 13 heteroatoms. The number of amides is 1. The summed E-state index contributed by atoms with van der Waals surface area (Å²) in [5, 5.41) is 6.39. The highest BCUT2D eigenvalue weighted by Crippen LogP contribution is 2.40. The van der Waals surface area contributed by atoms with Crippen LogP contribution in [0.5, 0.6) is 0 Å². The summed E-state index contributed by atoms with van der Waals surface area (Å²) in [6, 6.07) is 4.91. The van der Waals surface area contributed by atoms with Crippen LogP contribution in [-0.4, -0.2) is 80.3 Å². The van der Waals surface area contributed by atoms with Crippen molar-refractivity contribution in [3.8, 4) is 11.1 Å². The van der Waals surface area contributed by atoms with Gasteiger partial charge in [-0.15, -0.1) is 0 Å². The van der Waals surface area contributed by atoms with Gasteiger partial charge in [-0.05, 0) is 65.0 Å². The van der Waals surface area contributed by atoms with Gasteiger partial charge in [-0.1, -0.05) is 37.3 Å². The Morgan fingerprint density at radius 2 is 1.75 bits per heavy atom. The molecule has 2 fully saturated rings. The maximum absolute atomic E-state index is 14.3. The first-order valence-electron chi connectivity index (χ1n) is 17.1. The van der Waals surface area contributed by atoms with Crippen LogP contribution in [0.4, 0.5) is 10.7 Å². The van der Waals surface area contributed by atoms with Crippen LogP contribution in [0.2, 0.25) is 30.7 Å². The number of fused-ring (bicyclic) bond motifs is 2. The summed E-state index contributed by atoms with van der Waals surface area (Å²) >= 11 is 7.00. The average Bonchev–Trinajstić information content (AvgIpc) is 3.57. The Kier molecular flexibility index (Phi) is 9.23. The molecule has 0 saturated carbocycles. The topological polar surface area (TPSA) is 99.6 Å². The molecule has 0 N–H and O–H groups in total. The second-order valence-corrected chi connectivity index (χ2v) is 21.8. The van der Waals surface area contributed by atoms with Gasteiger partial charge in [0.05, 0.1) is 15.9 Å². The van der Waals surface area contributed by atoms with Crippen molar-refractivity contribution in [1.82, 2.24) is 28.8 Å².